The summed E-state index contributed by atoms with van der Waals surface area (Å²) >= 11 is 2.16. The van der Waals surface area contributed by atoms with Crippen molar-refractivity contribution in [3.63, 3.8) is 0 Å². The van der Waals surface area contributed by atoms with Crippen molar-refractivity contribution in [2.24, 2.45) is 4.99 Å². The Kier molecular flexibility index (Phi) is 5.33. The Morgan fingerprint density at radius 3 is 2.27 bits per heavy atom. The fourth-order valence-corrected chi connectivity index (χ4v) is 8.69. The number of carbonyl (C=O) groups excluding carboxylic acids is 2. The van der Waals surface area contributed by atoms with E-state index in [4.69, 9.17) is 0 Å². The summed E-state index contributed by atoms with van der Waals surface area (Å²) in [6, 6.07) is 21.3. The molecule has 2 aliphatic heterocycles. The first kappa shape index (κ1) is 20.0. The van der Waals surface area contributed by atoms with E-state index in [1.807, 2.05) is 6.07 Å². The Hall–Kier alpha value is -1.90. The number of amidine groups is 1. The summed E-state index contributed by atoms with van der Waals surface area (Å²) in [4.78, 5) is 32.5. The van der Waals surface area contributed by atoms with E-state index < -0.39 is 26.3 Å². The van der Waals surface area contributed by atoms with E-state index in [1.54, 1.807) is 13.1 Å². The molecule has 1 aromatic heterocycles. The van der Waals surface area contributed by atoms with Gasteiger partial charge in [0.25, 0.3) is 0 Å². The topological polar surface area (TPSA) is 53.0 Å². The average Bonchev–Trinajstić information content (AvgIpc) is 3.21. The summed E-state index contributed by atoms with van der Waals surface area (Å²) in [7, 11) is 1.62. The molecule has 0 saturated heterocycles. The van der Waals surface area contributed by atoms with Crippen molar-refractivity contribution in [3.05, 3.63) is 69.8 Å². The zero-order chi connectivity index (χ0) is 20.8. The summed E-state index contributed by atoms with van der Waals surface area (Å²) in [5.41, 5.74) is 2.59. The Bertz CT molecular complexity index is 1220. The zero-order valence-corrected chi connectivity index (χ0v) is 21.5. The second-order valence-corrected chi connectivity index (χ2v) is 12.8. The van der Waals surface area contributed by atoms with Crippen LogP contribution in [0, 0.1) is 0 Å². The van der Waals surface area contributed by atoms with Crippen LogP contribution in [0.2, 0.25) is 0 Å². The second-order valence-electron chi connectivity index (χ2n) is 6.67. The molecule has 0 unspecified atom stereocenters. The summed E-state index contributed by atoms with van der Waals surface area (Å²) in [6.07, 6.45) is 1.73. The van der Waals surface area contributed by atoms with Crippen LogP contribution in [0.4, 0.5) is 15.1 Å². The molecule has 2 amide bonds. The normalized spacial score (nSPS) is 17.1. The van der Waals surface area contributed by atoms with Gasteiger partial charge in [-0.05, 0) is 0 Å². The maximum atomic E-state index is 12.5. The van der Waals surface area contributed by atoms with Gasteiger partial charge in [-0.25, -0.2) is 0 Å². The standard InChI is InChI=1S/C22H14N3O2Se2Te/c1-24-21(27)14(20(26)23-22(24)28)12-13-10-11-19(30-13)25-15-6-2-4-8-17(15)29-18-9-5-3-7-16(18)25/h2-12H,1H3/b14-12+. The molecule has 0 spiro atoms. The number of nitrogens with zero attached hydrogens (tertiary/aromatic N) is 3. The summed E-state index contributed by atoms with van der Waals surface area (Å²) in [6.45, 7) is 0. The molecular formula is C22H14N3O2Se2Te. The van der Waals surface area contributed by atoms with Crippen molar-refractivity contribution < 1.29 is 9.59 Å². The fraction of sp³-hybridized carbons (Fsp3) is 0.0455. The third-order valence-corrected chi connectivity index (χ3v) is 10.8. The first-order valence-electron chi connectivity index (χ1n) is 9.08. The van der Waals surface area contributed by atoms with Crippen molar-refractivity contribution in [1.82, 2.24) is 4.90 Å². The van der Waals surface area contributed by atoms with Crippen LogP contribution in [0.1, 0.15) is 3.58 Å². The molecule has 3 aromatic rings. The number of carbonyl (C=O) groups is 2. The van der Waals surface area contributed by atoms with Crippen LogP contribution >= 0.6 is 0 Å². The number of benzene rings is 2. The molecule has 2 aromatic carbocycles. The number of likely N-dealkylation sites (N-methyl/N-ethyl adjacent to an activating group) is 1. The third kappa shape index (κ3) is 3.44. The number of amides is 2. The van der Waals surface area contributed by atoms with Gasteiger partial charge in [-0.3, -0.25) is 0 Å². The maximum absolute atomic E-state index is 12.5. The molecular weight excluding hydrogens is 624 g/mol. The molecule has 2 aliphatic rings. The number of hydrogen-bond acceptors (Lipinski definition) is 3. The summed E-state index contributed by atoms with van der Waals surface area (Å²) in [5, 5.41) is 0. The molecule has 0 fully saturated rings. The van der Waals surface area contributed by atoms with Gasteiger partial charge >= 0.3 is 199 Å². The molecule has 147 valence electrons. The molecule has 5 rings (SSSR count). The van der Waals surface area contributed by atoms with E-state index in [1.165, 1.54) is 28.9 Å². The van der Waals surface area contributed by atoms with Gasteiger partial charge in [0.05, 0.1) is 0 Å². The minimum absolute atomic E-state index is 0.130. The Labute approximate surface area is 198 Å². The minimum atomic E-state index is -0.777. The van der Waals surface area contributed by atoms with Crippen molar-refractivity contribution in [2.45, 2.75) is 0 Å². The van der Waals surface area contributed by atoms with Gasteiger partial charge in [0.2, 0.25) is 0 Å². The van der Waals surface area contributed by atoms with Gasteiger partial charge in [0.15, 0.2) is 0 Å². The van der Waals surface area contributed by atoms with Crippen LogP contribution in [-0.2, 0) is 9.59 Å². The summed E-state index contributed by atoms with van der Waals surface area (Å²) < 4.78 is 5.33. The number of fused-ring (bicyclic) bond motifs is 2. The Balaban J connectivity index is 1.57. The number of hydrogen-bond donors (Lipinski definition) is 0. The van der Waals surface area contributed by atoms with Crippen molar-refractivity contribution in [1.29, 1.82) is 0 Å². The van der Waals surface area contributed by atoms with E-state index in [0.717, 1.165) is 3.58 Å². The van der Waals surface area contributed by atoms with Crippen molar-refractivity contribution in [3.8, 4) is 0 Å². The number of aliphatic imine (C=N–C) groups is 1. The quantitative estimate of drug-likeness (QED) is 0.188. The molecule has 0 bridgehead atoms. The van der Waals surface area contributed by atoms with Crippen LogP contribution in [0.25, 0.3) is 6.08 Å². The molecule has 0 N–H and O–H groups in total. The molecule has 30 heavy (non-hydrogen) atoms. The fourth-order valence-electron chi connectivity index (χ4n) is 3.33. The van der Waals surface area contributed by atoms with Gasteiger partial charge in [-0.2, -0.15) is 0 Å². The zero-order valence-electron chi connectivity index (χ0n) is 15.7. The molecule has 0 saturated carbocycles. The predicted molar refractivity (Wildman–Crippen MR) is 122 cm³/mol. The van der Waals surface area contributed by atoms with Crippen LogP contribution in [0.5, 0.6) is 0 Å². The van der Waals surface area contributed by atoms with Gasteiger partial charge in [0, 0.05) is 0 Å². The van der Waals surface area contributed by atoms with Crippen molar-refractivity contribution >= 4 is 98.0 Å². The van der Waals surface area contributed by atoms with E-state index in [-0.39, 0.29) is 26.4 Å². The van der Waals surface area contributed by atoms with E-state index in [9.17, 15) is 9.59 Å². The Morgan fingerprint density at radius 1 is 0.967 bits per heavy atom. The predicted octanol–water partition coefficient (Wildman–Crippen LogP) is 1.09. The second kappa shape index (κ2) is 7.98. The van der Waals surface area contributed by atoms with Gasteiger partial charge in [0.1, 0.15) is 0 Å². The van der Waals surface area contributed by atoms with Crippen LogP contribution < -0.4 is 13.8 Å². The molecule has 1 radical (unpaired) electrons. The average molecular weight is 638 g/mol. The number of anilines is 3. The number of rotatable bonds is 2. The molecule has 8 heteroatoms. The first-order chi connectivity index (χ1) is 14.5. The van der Waals surface area contributed by atoms with Gasteiger partial charge < -0.3 is 0 Å². The van der Waals surface area contributed by atoms with Gasteiger partial charge in [-0.15, -0.1) is 0 Å². The molecule has 0 aliphatic carbocycles. The van der Waals surface area contributed by atoms with E-state index in [2.05, 4.69) is 80.5 Å². The van der Waals surface area contributed by atoms with Gasteiger partial charge in [-0.1, -0.05) is 0 Å². The summed E-state index contributed by atoms with van der Waals surface area (Å²) in [5.74, 6) is -0.799. The van der Waals surface area contributed by atoms with Crippen LogP contribution in [0.15, 0.2) is 71.2 Å². The van der Waals surface area contributed by atoms with E-state index >= 15 is 0 Å². The molecule has 3 heterocycles. The van der Waals surface area contributed by atoms with Crippen molar-refractivity contribution in [2.75, 3.05) is 11.9 Å². The monoisotopic (exact) mass is 642 g/mol. The molecule has 5 nitrogen and oxygen atoms in total. The Morgan fingerprint density at radius 2 is 1.60 bits per heavy atom. The number of para-hydroxylation sites is 2. The SMILES string of the molecule is CN1C(=O)/C(=C/c2ccc(N3c4ccccc4[Se]c4ccccc43)[te]2)C(=O)N=C1[Se]. The molecule has 0 atom stereocenters. The van der Waals surface area contributed by atoms with E-state index in [0.29, 0.717) is 4.73 Å². The van der Waals surface area contributed by atoms with Crippen LogP contribution in [0.3, 0.4) is 0 Å². The first-order valence-corrected chi connectivity index (χ1v) is 14.0. The van der Waals surface area contributed by atoms with Crippen LogP contribution in [-0.4, -0.2) is 79.9 Å². The third-order valence-electron chi connectivity index (χ3n) is 4.80.